The third kappa shape index (κ3) is 8.04. The zero-order chi connectivity index (χ0) is 17.9. The number of unbranched alkanes of at least 4 members (excludes halogenated alkanes) is 1. The monoisotopic (exact) mass is 346 g/mol. The molecule has 3 nitrogen and oxygen atoms in total. The molecule has 0 heterocycles. The van der Waals surface area contributed by atoms with Crippen LogP contribution in [0.15, 0.2) is 30.3 Å². The topological polar surface area (TPSA) is 46.5 Å². The zero-order valence-corrected chi connectivity index (χ0v) is 15.7. The lowest BCUT2D eigenvalue weighted by Gasteiger charge is -2.29. The van der Waals surface area contributed by atoms with Gasteiger partial charge in [0.1, 0.15) is 0 Å². The molecule has 1 N–H and O–H groups in total. The summed E-state index contributed by atoms with van der Waals surface area (Å²) in [4.78, 5) is 11.4. The predicted molar refractivity (Wildman–Crippen MR) is 101 cm³/mol. The first-order chi connectivity index (χ1) is 12.2. The van der Waals surface area contributed by atoms with Gasteiger partial charge in [0.15, 0.2) is 0 Å². The maximum atomic E-state index is 11.4. The molecule has 1 unspecified atom stereocenters. The number of rotatable bonds is 10. The Morgan fingerprint density at radius 2 is 1.92 bits per heavy atom. The van der Waals surface area contributed by atoms with Crippen molar-refractivity contribution in [3.63, 3.8) is 0 Å². The average molecular weight is 347 g/mol. The molecule has 1 aromatic rings. The summed E-state index contributed by atoms with van der Waals surface area (Å²) in [6, 6.07) is 10.6. The standard InChI is InChI=1S/C22H34O3/c1-25-22(24)17-20-12-7-11-19(16-20)14-15-21(23)13-6-5-10-18-8-3-2-4-9-18/h2-4,8-9,19-21,23H,5-7,10-17H2,1H3/t19-,20+,21?/m1/s1. The van der Waals surface area contributed by atoms with Crippen molar-refractivity contribution in [2.75, 3.05) is 7.11 Å². The number of hydrogen-bond acceptors (Lipinski definition) is 3. The third-order valence-corrected chi connectivity index (χ3v) is 5.58. The molecular formula is C22H34O3. The van der Waals surface area contributed by atoms with E-state index in [1.807, 2.05) is 6.07 Å². The molecule has 0 bridgehead atoms. The van der Waals surface area contributed by atoms with Gasteiger partial charge in [-0.3, -0.25) is 4.79 Å². The number of carbonyl (C=O) groups is 1. The Morgan fingerprint density at radius 1 is 1.16 bits per heavy atom. The van der Waals surface area contributed by atoms with Gasteiger partial charge in [-0.2, -0.15) is 0 Å². The van der Waals surface area contributed by atoms with Crippen LogP contribution in [0.4, 0.5) is 0 Å². The molecule has 0 amide bonds. The van der Waals surface area contributed by atoms with Crippen LogP contribution in [0.1, 0.15) is 69.8 Å². The van der Waals surface area contributed by atoms with Crippen molar-refractivity contribution in [1.82, 2.24) is 0 Å². The number of aliphatic hydroxyl groups excluding tert-OH is 1. The summed E-state index contributed by atoms with van der Waals surface area (Å²) in [5, 5.41) is 10.3. The Hall–Kier alpha value is -1.35. The molecule has 1 aliphatic rings. The molecule has 0 saturated heterocycles. The fraction of sp³-hybridized carbons (Fsp3) is 0.682. The number of methoxy groups -OCH3 is 1. The highest BCUT2D eigenvalue weighted by Crippen LogP contribution is 2.34. The highest BCUT2D eigenvalue weighted by molar-refractivity contribution is 5.69. The molecule has 1 aliphatic carbocycles. The average Bonchev–Trinajstić information content (AvgIpc) is 2.64. The van der Waals surface area contributed by atoms with Gasteiger partial charge >= 0.3 is 5.97 Å². The van der Waals surface area contributed by atoms with E-state index < -0.39 is 0 Å². The Bertz CT molecular complexity index is 485. The molecule has 0 aromatic heterocycles. The van der Waals surface area contributed by atoms with Crippen molar-refractivity contribution in [2.45, 2.75) is 76.7 Å². The summed E-state index contributed by atoms with van der Waals surface area (Å²) in [5.74, 6) is 1.07. The molecule has 1 saturated carbocycles. The van der Waals surface area contributed by atoms with Crippen LogP contribution in [0.2, 0.25) is 0 Å². The van der Waals surface area contributed by atoms with Crippen molar-refractivity contribution in [1.29, 1.82) is 0 Å². The second-order valence-electron chi connectivity index (χ2n) is 7.64. The van der Waals surface area contributed by atoms with Gasteiger partial charge in [-0.15, -0.1) is 0 Å². The molecule has 0 spiro atoms. The van der Waals surface area contributed by atoms with Gasteiger partial charge in [0.25, 0.3) is 0 Å². The fourth-order valence-corrected chi connectivity index (χ4v) is 4.10. The number of benzene rings is 1. The fourth-order valence-electron chi connectivity index (χ4n) is 4.10. The molecular weight excluding hydrogens is 312 g/mol. The first kappa shape index (κ1) is 20.0. The Balaban J connectivity index is 1.56. The van der Waals surface area contributed by atoms with Crippen LogP contribution in [-0.4, -0.2) is 24.3 Å². The lowest BCUT2D eigenvalue weighted by molar-refractivity contribution is -0.142. The van der Waals surface area contributed by atoms with Crippen molar-refractivity contribution in [3.8, 4) is 0 Å². The third-order valence-electron chi connectivity index (χ3n) is 5.58. The van der Waals surface area contributed by atoms with Crippen LogP contribution in [0.5, 0.6) is 0 Å². The second-order valence-corrected chi connectivity index (χ2v) is 7.64. The summed E-state index contributed by atoms with van der Waals surface area (Å²) >= 11 is 0. The van der Waals surface area contributed by atoms with Crippen molar-refractivity contribution in [3.05, 3.63) is 35.9 Å². The lowest BCUT2D eigenvalue weighted by atomic mass is 9.77. The van der Waals surface area contributed by atoms with Gasteiger partial charge < -0.3 is 9.84 Å². The van der Waals surface area contributed by atoms with Gasteiger partial charge in [-0.05, 0) is 62.3 Å². The SMILES string of the molecule is COC(=O)C[C@H]1CCC[C@H](CCC(O)CCCCc2ccccc2)C1. The van der Waals surface area contributed by atoms with E-state index >= 15 is 0 Å². The summed E-state index contributed by atoms with van der Waals surface area (Å²) in [6.45, 7) is 0. The minimum atomic E-state index is -0.170. The number of ether oxygens (including phenoxy) is 1. The highest BCUT2D eigenvalue weighted by atomic mass is 16.5. The van der Waals surface area contributed by atoms with Gasteiger partial charge in [-0.1, -0.05) is 49.6 Å². The number of hydrogen-bond donors (Lipinski definition) is 1. The molecule has 1 fully saturated rings. The maximum absolute atomic E-state index is 11.4. The van der Waals surface area contributed by atoms with Crippen LogP contribution in [0.25, 0.3) is 0 Å². The Labute approximate surface area is 152 Å². The molecule has 25 heavy (non-hydrogen) atoms. The number of aryl methyl sites for hydroxylation is 1. The van der Waals surface area contributed by atoms with Gasteiger partial charge in [-0.25, -0.2) is 0 Å². The van der Waals surface area contributed by atoms with Gasteiger partial charge in [0.05, 0.1) is 13.2 Å². The molecule has 0 radical (unpaired) electrons. The lowest BCUT2D eigenvalue weighted by Crippen LogP contribution is -2.20. The van der Waals surface area contributed by atoms with Crippen LogP contribution < -0.4 is 0 Å². The van der Waals surface area contributed by atoms with E-state index in [-0.39, 0.29) is 12.1 Å². The highest BCUT2D eigenvalue weighted by Gasteiger charge is 2.24. The van der Waals surface area contributed by atoms with E-state index in [1.165, 1.54) is 25.5 Å². The van der Waals surface area contributed by atoms with E-state index in [2.05, 4.69) is 24.3 Å². The van der Waals surface area contributed by atoms with Gasteiger partial charge in [0, 0.05) is 6.42 Å². The molecule has 3 heteroatoms. The molecule has 0 aliphatic heterocycles. The zero-order valence-electron chi connectivity index (χ0n) is 15.7. The molecule has 3 atom stereocenters. The van der Waals surface area contributed by atoms with Crippen LogP contribution >= 0.6 is 0 Å². The Kier molecular flexibility index (Phi) is 9.03. The number of carbonyl (C=O) groups excluding carboxylic acids is 1. The van der Waals surface area contributed by atoms with Crippen molar-refractivity contribution in [2.24, 2.45) is 11.8 Å². The van der Waals surface area contributed by atoms with E-state index in [9.17, 15) is 9.90 Å². The van der Waals surface area contributed by atoms with Crippen LogP contribution in [-0.2, 0) is 16.0 Å². The van der Waals surface area contributed by atoms with Crippen LogP contribution in [0, 0.1) is 11.8 Å². The number of esters is 1. The minimum Gasteiger partial charge on any atom is -0.469 e. The van der Waals surface area contributed by atoms with E-state index in [1.54, 1.807) is 0 Å². The molecule has 1 aromatic carbocycles. The first-order valence-corrected chi connectivity index (χ1v) is 9.96. The van der Waals surface area contributed by atoms with Crippen LogP contribution in [0.3, 0.4) is 0 Å². The summed E-state index contributed by atoms with van der Waals surface area (Å²) in [7, 11) is 1.47. The van der Waals surface area contributed by atoms with Crippen molar-refractivity contribution >= 4 is 5.97 Å². The quantitative estimate of drug-likeness (QED) is 0.484. The molecule has 140 valence electrons. The second kappa shape index (κ2) is 11.3. The van der Waals surface area contributed by atoms with E-state index in [0.29, 0.717) is 18.3 Å². The predicted octanol–water partition coefficient (Wildman–Crippen LogP) is 4.91. The van der Waals surface area contributed by atoms with Gasteiger partial charge in [0.2, 0.25) is 0 Å². The van der Waals surface area contributed by atoms with E-state index in [0.717, 1.165) is 51.4 Å². The van der Waals surface area contributed by atoms with Crippen molar-refractivity contribution < 1.29 is 14.6 Å². The largest absolute Gasteiger partial charge is 0.469 e. The first-order valence-electron chi connectivity index (χ1n) is 9.96. The van der Waals surface area contributed by atoms with E-state index in [4.69, 9.17) is 4.74 Å². The normalized spacial score (nSPS) is 21.7. The smallest absolute Gasteiger partial charge is 0.305 e. The maximum Gasteiger partial charge on any atom is 0.305 e. The Morgan fingerprint density at radius 3 is 2.68 bits per heavy atom. The molecule has 2 rings (SSSR count). The number of aliphatic hydroxyl groups is 1. The minimum absolute atomic E-state index is 0.0795. The summed E-state index contributed by atoms with van der Waals surface area (Å²) in [6.07, 6.45) is 11.4. The summed E-state index contributed by atoms with van der Waals surface area (Å²) in [5.41, 5.74) is 1.39. The summed E-state index contributed by atoms with van der Waals surface area (Å²) < 4.78 is 4.79.